The van der Waals surface area contributed by atoms with Crippen LogP contribution in [-0.2, 0) is 16.0 Å². The average Bonchev–Trinajstić information content (AvgIpc) is 2.89. The number of aryl methyl sites for hydroxylation is 1. The van der Waals surface area contributed by atoms with E-state index >= 15 is 0 Å². The maximum absolute atomic E-state index is 12.8. The lowest BCUT2D eigenvalue weighted by molar-refractivity contribution is -0.310. The van der Waals surface area contributed by atoms with Gasteiger partial charge in [0.1, 0.15) is 4.32 Å². The number of aliphatic carboxylic acids is 1. The summed E-state index contributed by atoms with van der Waals surface area (Å²) < 4.78 is 0.235. The first-order valence-electron chi connectivity index (χ1n) is 8.04. The van der Waals surface area contributed by atoms with E-state index in [9.17, 15) is 14.7 Å². The molecule has 0 N–H and O–H groups in total. The minimum atomic E-state index is -1.32. The number of rotatable bonds is 5. The Labute approximate surface area is 161 Å². The van der Waals surface area contributed by atoms with Gasteiger partial charge in [0.05, 0.1) is 16.9 Å². The van der Waals surface area contributed by atoms with Gasteiger partial charge in [-0.05, 0) is 30.5 Å². The number of carboxylic acids is 1. The summed E-state index contributed by atoms with van der Waals surface area (Å²) in [6.07, 6.45) is 1.88. The number of thiocarbonyl (C=S) groups is 1. The molecule has 1 heterocycles. The van der Waals surface area contributed by atoms with Crippen LogP contribution in [-0.4, -0.2) is 27.1 Å². The molecule has 1 atom stereocenters. The molecule has 0 unspecified atom stereocenters. The van der Waals surface area contributed by atoms with Gasteiger partial charge in [-0.2, -0.15) is 0 Å². The number of hydrogen-bond acceptors (Lipinski definition) is 5. The molecular formula is C20H16NO3S2-. The molecule has 0 aliphatic carbocycles. The zero-order valence-corrected chi connectivity index (χ0v) is 15.7. The largest absolute Gasteiger partial charge is 0.548 e. The summed E-state index contributed by atoms with van der Waals surface area (Å²) in [6.45, 7) is 1.98. The summed E-state index contributed by atoms with van der Waals surface area (Å²) in [6, 6.07) is 15.7. The Kier molecular flexibility index (Phi) is 5.54. The van der Waals surface area contributed by atoms with Crippen LogP contribution in [0.15, 0.2) is 59.5 Å². The normalized spacial score (nSPS) is 17.0. The average molecular weight is 382 g/mol. The van der Waals surface area contributed by atoms with E-state index in [-0.39, 0.29) is 10.7 Å². The maximum atomic E-state index is 12.8. The molecule has 1 saturated heterocycles. The minimum Gasteiger partial charge on any atom is -0.548 e. The number of benzene rings is 2. The zero-order valence-electron chi connectivity index (χ0n) is 14.0. The van der Waals surface area contributed by atoms with Crippen molar-refractivity contribution in [2.75, 3.05) is 0 Å². The van der Waals surface area contributed by atoms with Crippen LogP contribution in [0.2, 0.25) is 0 Å². The van der Waals surface area contributed by atoms with Gasteiger partial charge < -0.3 is 9.90 Å². The monoisotopic (exact) mass is 382 g/mol. The van der Waals surface area contributed by atoms with Crippen molar-refractivity contribution in [2.24, 2.45) is 0 Å². The summed E-state index contributed by atoms with van der Waals surface area (Å²) >= 11 is 6.39. The van der Waals surface area contributed by atoms with Gasteiger partial charge >= 0.3 is 0 Å². The number of nitrogens with zero attached hydrogens (tertiary/aromatic N) is 1. The first-order chi connectivity index (χ1) is 12.5. The Bertz CT molecular complexity index is 876. The first kappa shape index (κ1) is 18.4. The van der Waals surface area contributed by atoms with Crippen LogP contribution in [0.5, 0.6) is 0 Å². The van der Waals surface area contributed by atoms with Gasteiger partial charge in [-0.1, -0.05) is 84.1 Å². The lowest BCUT2D eigenvalue weighted by Crippen LogP contribution is -2.51. The van der Waals surface area contributed by atoms with Crippen molar-refractivity contribution < 1.29 is 14.7 Å². The van der Waals surface area contributed by atoms with Crippen LogP contribution in [0.3, 0.4) is 0 Å². The second kappa shape index (κ2) is 7.85. The highest BCUT2D eigenvalue weighted by Crippen LogP contribution is 2.34. The van der Waals surface area contributed by atoms with E-state index in [4.69, 9.17) is 12.2 Å². The van der Waals surface area contributed by atoms with Crippen molar-refractivity contribution in [2.45, 2.75) is 19.4 Å². The third-order valence-corrected chi connectivity index (χ3v) is 5.38. The molecule has 0 radical (unpaired) electrons. The fraction of sp³-hybridized carbons (Fsp3) is 0.150. The molecule has 132 valence electrons. The molecule has 1 aliphatic heterocycles. The predicted molar refractivity (Wildman–Crippen MR) is 105 cm³/mol. The highest BCUT2D eigenvalue weighted by atomic mass is 32.2. The Morgan fingerprint density at radius 3 is 2.46 bits per heavy atom. The molecule has 1 fully saturated rings. The zero-order chi connectivity index (χ0) is 18.7. The van der Waals surface area contributed by atoms with E-state index in [1.807, 2.05) is 61.5 Å². The number of carboxylic acid groups (broad SMARTS) is 1. The van der Waals surface area contributed by atoms with Gasteiger partial charge in [0.25, 0.3) is 5.91 Å². The van der Waals surface area contributed by atoms with Gasteiger partial charge in [0, 0.05) is 0 Å². The number of amides is 1. The number of hydrogen-bond donors (Lipinski definition) is 0. The smallest absolute Gasteiger partial charge is 0.266 e. The summed E-state index contributed by atoms with van der Waals surface area (Å²) in [5.41, 5.74) is 2.79. The van der Waals surface area contributed by atoms with Gasteiger partial charge in [-0.25, -0.2) is 0 Å². The SMILES string of the molecule is Cc1ccc(/C=C2\SC(=S)N([C@@H](Cc3ccccc3)C(=O)[O-])C2=O)cc1. The van der Waals surface area contributed by atoms with E-state index in [0.29, 0.717) is 4.91 Å². The summed E-state index contributed by atoms with van der Waals surface area (Å²) in [7, 11) is 0. The lowest BCUT2D eigenvalue weighted by atomic mass is 10.0. The van der Waals surface area contributed by atoms with E-state index in [1.54, 1.807) is 6.08 Å². The third kappa shape index (κ3) is 4.03. The molecular weight excluding hydrogens is 366 g/mol. The van der Waals surface area contributed by atoms with Gasteiger partial charge in [-0.3, -0.25) is 9.69 Å². The fourth-order valence-corrected chi connectivity index (χ4v) is 4.04. The number of thioether (sulfide) groups is 1. The van der Waals surface area contributed by atoms with Crippen molar-refractivity contribution in [1.82, 2.24) is 4.90 Å². The molecule has 3 rings (SSSR count). The van der Waals surface area contributed by atoms with Crippen LogP contribution in [0.4, 0.5) is 0 Å². The minimum absolute atomic E-state index is 0.146. The van der Waals surface area contributed by atoms with Crippen LogP contribution < -0.4 is 5.11 Å². The third-order valence-electron chi connectivity index (χ3n) is 4.05. The molecule has 2 aromatic rings. The molecule has 0 bridgehead atoms. The molecule has 0 aromatic heterocycles. The van der Waals surface area contributed by atoms with Crippen molar-refractivity contribution in [3.05, 3.63) is 76.2 Å². The Balaban J connectivity index is 1.86. The predicted octanol–water partition coefficient (Wildman–Crippen LogP) is 2.56. The van der Waals surface area contributed by atoms with Crippen molar-refractivity contribution >= 4 is 46.3 Å². The topological polar surface area (TPSA) is 60.4 Å². The second-order valence-corrected chi connectivity index (χ2v) is 7.66. The van der Waals surface area contributed by atoms with Crippen LogP contribution in [0.25, 0.3) is 6.08 Å². The Hall–Kier alpha value is -2.44. The molecule has 2 aromatic carbocycles. The van der Waals surface area contributed by atoms with E-state index in [0.717, 1.165) is 33.4 Å². The van der Waals surface area contributed by atoms with E-state index < -0.39 is 17.9 Å². The van der Waals surface area contributed by atoms with Crippen molar-refractivity contribution in [3.63, 3.8) is 0 Å². The second-order valence-electron chi connectivity index (χ2n) is 5.99. The van der Waals surface area contributed by atoms with Gasteiger partial charge in [0.2, 0.25) is 0 Å². The van der Waals surface area contributed by atoms with Crippen molar-refractivity contribution in [1.29, 1.82) is 0 Å². The molecule has 26 heavy (non-hydrogen) atoms. The lowest BCUT2D eigenvalue weighted by Gasteiger charge is -2.27. The first-order valence-corrected chi connectivity index (χ1v) is 9.26. The van der Waals surface area contributed by atoms with E-state index in [2.05, 4.69) is 0 Å². The Morgan fingerprint density at radius 1 is 1.19 bits per heavy atom. The number of carbonyl (C=O) groups is 2. The molecule has 0 spiro atoms. The van der Waals surface area contributed by atoms with Crippen LogP contribution in [0.1, 0.15) is 16.7 Å². The Morgan fingerprint density at radius 2 is 1.85 bits per heavy atom. The summed E-state index contributed by atoms with van der Waals surface area (Å²) in [4.78, 5) is 26.0. The summed E-state index contributed by atoms with van der Waals surface area (Å²) in [5, 5.41) is 11.7. The van der Waals surface area contributed by atoms with Crippen LogP contribution >= 0.6 is 24.0 Å². The van der Waals surface area contributed by atoms with Gasteiger partial charge in [0.15, 0.2) is 0 Å². The maximum Gasteiger partial charge on any atom is 0.266 e. The van der Waals surface area contributed by atoms with Gasteiger partial charge in [-0.15, -0.1) is 0 Å². The molecule has 1 aliphatic rings. The molecule has 6 heteroatoms. The quantitative estimate of drug-likeness (QED) is 0.588. The number of carbonyl (C=O) groups excluding carboxylic acids is 2. The van der Waals surface area contributed by atoms with Crippen LogP contribution in [0, 0.1) is 6.92 Å². The van der Waals surface area contributed by atoms with E-state index in [1.165, 1.54) is 0 Å². The summed E-state index contributed by atoms with van der Waals surface area (Å²) in [5.74, 6) is -1.72. The highest BCUT2D eigenvalue weighted by molar-refractivity contribution is 8.26. The highest BCUT2D eigenvalue weighted by Gasteiger charge is 2.37. The fourth-order valence-electron chi connectivity index (χ4n) is 2.68. The molecule has 4 nitrogen and oxygen atoms in total. The molecule has 0 saturated carbocycles. The standard InChI is InChI=1S/C20H17NO3S2/c1-13-7-9-15(10-8-13)12-17-18(22)21(20(25)26-17)16(19(23)24)11-14-5-3-2-4-6-14/h2-10,12,16H,11H2,1H3,(H,23,24)/p-1/b17-12-/t16-/m0/s1. The van der Waals surface area contributed by atoms with Crippen molar-refractivity contribution in [3.8, 4) is 0 Å². The molecule has 1 amide bonds.